The molecule has 0 saturated heterocycles. The average molecular weight is 309 g/mol. The van der Waals surface area contributed by atoms with E-state index in [1.54, 1.807) is 12.1 Å². The number of hydrogen-bond donors (Lipinski definition) is 1. The van der Waals surface area contributed by atoms with E-state index in [0.717, 1.165) is 25.1 Å². The molecule has 23 heavy (non-hydrogen) atoms. The van der Waals surface area contributed by atoms with Crippen molar-refractivity contribution in [1.29, 1.82) is 0 Å². The highest BCUT2D eigenvalue weighted by atomic mass is 16.5. The van der Waals surface area contributed by atoms with Crippen LogP contribution >= 0.6 is 0 Å². The van der Waals surface area contributed by atoms with Gasteiger partial charge in [-0.25, -0.2) is 4.98 Å². The van der Waals surface area contributed by atoms with Gasteiger partial charge in [0.1, 0.15) is 0 Å². The zero-order valence-electron chi connectivity index (χ0n) is 12.3. The lowest BCUT2D eigenvalue weighted by molar-refractivity contribution is 0.333. The molecule has 0 radical (unpaired) electrons. The van der Waals surface area contributed by atoms with Crippen LogP contribution in [0.4, 0.5) is 5.69 Å². The van der Waals surface area contributed by atoms with Crippen molar-refractivity contribution in [2.24, 2.45) is 5.10 Å². The Morgan fingerprint density at radius 2 is 2.13 bits per heavy atom. The molecule has 1 N–H and O–H groups in total. The third-order valence-corrected chi connectivity index (χ3v) is 3.77. The van der Waals surface area contributed by atoms with Crippen molar-refractivity contribution >= 4 is 11.9 Å². The highest BCUT2D eigenvalue weighted by Gasteiger charge is 2.17. The number of benzene rings is 1. The molecule has 0 bridgehead atoms. The minimum atomic E-state index is -0.273. The lowest BCUT2D eigenvalue weighted by Gasteiger charge is -2.26. The number of hydrogen-bond acceptors (Lipinski definition) is 6. The molecule has 3 heterocycles. The van der Waals surface area contributed by atoms with Crippen LogP contribution in [0.1, 0.15) is 17.7 Å². The van der Waals surface area contributed by atoms with Gasteiger partial charge in [-0.15, -0.1) is 0 Å². The molecule has 0 atom stereocenters. The third-order valence-electron chi connectivity index (χ3n) is 3.77. The summed E-state index contributed by atoms with van der Waals surface area (Å²) >= 11 is 0. The number of para-hydroxylation sites is 1. The molecule has 1 aliphatic heterocycles. The molecule has 0 fully saturated rings. The highest BCUT2D eigenvalue weighted by molar-refractivity contribution is 5.81. The normalized spacial score (nSPS) is 14.3. The molecular weight excluding hydrogens is 294 g/mol. The third kappa shape index (κ3) is 2.59. The second-order valence-electron chi connectivity index (χ2n) is 5.29. The fourth-order valence-corrected chi connectivity index (χ4v) is 2.67. The molecule has 1 aromatic carbocycles. The monoisotopic (exact) mass is 309 g/mol. The Hall–Kier alpha value is -3.02. The maximum Gasteiger partial charge on any atom is 0.312 e. The Bertz CT molecular complexity index is 837. The standard InChI is InChI=1S/C17H15N3O3/c21-17-13(19-16(23-17)15-8-4-10-22-15)11-18-20-9-3-6-12-5-1-2-7-14(12)20/h1-2,4-5,7-8,10-11,21H,3,6,9H2/b18-11+. The highest BCUT2D eigenvalue weighted by Crippen LogP contribution is 2.28. The van der Waals surface area contributed by atoms with E-state index in [0.29, 0.717) is 5.76 Å². The van der Waals surface area contributed by atoms with Gasteiger partial charge in [0, 0.05) is 6.54 Å². The summed E-state index contributed by atoms with van der Waals surface area (Å²) in [5, 5.41) is 16.2. The van der Waals surface area contributed by atoms with E-state index in [2.05, 4.69) is 16.2 Å². The molecule has 4 rings (SSSR count). The fraction of sp³-hybridized carbons (Fsp3) is 0.176. The predicted molar refractivity (Wildman–Crippen MR) is 85.6 cm³/mol. The van der Waals surface area contributed by atoms with Gasteiger partial charge < -0.3 is 13.9 Å². The summed E-state index contributed by atoms with van der Waals surface area (Å²) < 4.78 is 10.4. The van der Waals surface area contributed by atoms with Gasteiger partial charge in [0.2, 0.25) is 0 Å². The number of rotatable bonds is 3. The minimum absolute atomic E-state index is 0.230. The van der Waals surface area contributed by atoms with Gasteiger partial charge in [0.25, 0.3) is 5.89 Å². The van der Waals surface area contributed by atoms with Gasteiger partial charge >= 0.3 is 5.95 Å². The van der Waals surface area contributed by atoms with Gasteiger partial charge in [0.15, 0.2) is 11.5 Å². The number of hydrazone groups is 1. The average Bonchev–Trinajstić information content (AvgIpc) is 3.22. The van der Waals surface area contributed by atoms with Crippen molar-refractivity contribution in [1.82, 2.24) is 4.98 Å². The number of aryl methyl sites for hydroxylation is 1. The maximum atomic E-state index is 9.87. The number of nitrogens with zero attached hydrogens (tertiary/aromatic N) is 3. The summed E-state index contributed by atoms with van der Waals surface area (Å²) in [5.74, 6) is 0.418. The number of aromatic hydroxyl groups is 1. The number of oxazole rings is 1. The summed E-state index contributed by atoms with van der Waals surface area (Å²) in [6, 6.07) is 11.6. The maximum absolute atomic E-state index is 9.87. The van der Waals surface area contributed by atoms with Crippen molar-refractivity contribution in [3.05, 3.63) is 53.9 Å². The molecule has 0 saturated carbocycles. The van der Waals surface area contributed by atoms with Crippen molar-refractivity contribution in [2.45, 2.75) is 12.8 Å². The Kier molecular flexibility index (Phi) is 3.34. The second kappa shape index (κ2) is 5.64. The van der Waals surface area contributed by atoms with Gasteiger partial charge in [-0.05, 0) is 36.6 Å². The van der Waals surface area contributed by atoms with Crippen LogP contribution in [0.2, 0.25) is 0 Å². The Balaban J connectivity index is 1.60. The minimum Gasteiger partial charge on any atom is -0.479 e. The summed E-state index contributed by atoms with van der Waals surface area (Å²) in [7, 11) is 0. The zero-order chi connectivity index (χ0) is 15.6. The molecule has 1 aliphatic rings. The largest absolute Gasteiger partial charge is 0.479 e. The molecule has 2 aromatic heterocycles. The Morgan fingerprint density at radius 3 is 3.00 bits per heavy atom. The molecular formula is C17H15N3O3. The van der Waals surface area contributed by atoms with Crippen LogP contribution in [0.25, 0.3) is 11.7 Å². The van der Waals surface area contributed by atoms with Crippen LogP contribution in [-0.2, 0) is 6.42 Å². The first-order valence-corrected chi connectivity index (χ1v) is 7.44. The van der Waals surface area contributed by atoms with Gasteiger partial charge in [-0.2, -0.15) is 5.10 Å². The molecule has 0 aliphatic carbocycles. The molecule has 3 aromatic rings. The SMILES string of the molecule is Oc1oc(-c2ccco2)nc1/C=N/N1CCCc2ccccc21. The van der Waals surface area contributed by atoms with E-state index in [-0.39, 0.29) is 17.5 Å². The molecule has 6 heteroatoms. The van der Waals surface area contributed by atoms with Crippen molar-refractivity contribution in [3.63, 3.8) is 0 Å². The fourth-order valence-electron chi connectivity index (χ4n) is 2.67. The first-order chi connectivity index (χ1) is 11.3. The Labute approximate surface area is 132 Å². The van der Waals surface area contributed by atoms with Crippen molar-refractivity contribution < 1.29 is 13.9 Å². The quantitative estimate of drug-likeness (QED) is 0.750. The first-order valence-electron chi connectivity index (χ1n) is 7.44. The van der Waals surface area contributed by atoms with Gasteiger partial charge in [-0.3, -0.25) is 5.01 Å². The van der Waals surface area contributed by atoms with Crippen molar-refractivity contribution in [2.75, 3.05) is 11.6 Å². The van der Waals surface area contributed by atoms with Crippen LogP contribution < -0.4 is 5.01 Å². The predicted octanol–water partition coefficient (Wildman–Crippen LogP) is 3.43. The van der Waals surface area contributed by atoms with Gasteiger partial charge in [0.05, 0.1) is 18.2 Å². The van der Waals surface area contributed by atoms with Crippen LogP contribution in [0.5, 0.6) is 5.95 Å². The van der Waals surface area contributed by atoms with E-state index in [9.17, 15) is 5.11 Å². The van der Waals surface area contributed by atoms with Crippen LogP contribution in [0.3, 0.4) is 0 Å². The van der Waals surface area contributed by atoms with E-state index in [1.165, 1.54) is 18.0 Å². The van der Waals surface area contributed by atoms with E-state index >= 15 is 0 Å². The summed E-state index contributed by atoms with van der Waals surface area (Å²) in [6.45, 7) is 0.831. The zero-order valence-corrected chi connectivity index (χ0v) is 12.3. The molecule has 116 valence electrons. The van der Waals surface area contributed by atoms with E-state index < -0.39 is 0 Å². The topological polar surface area (TPSA) is 75.0 Å². The Morgan fingerprint density at radius 1 is 1.22 bits per heavy atom. The molecule has 0 unspecified atom stereocenters. The van der Waals surface area contributed by atoms with Crippen LogP contribution in [0.15, 0.2) is 56.6 Å². The molecule has 0 spiro atoms. The lowest BCUT2D eigenvalue weighted by Crippen LogP contribution is -2.24. The van der Waals surface area contributed by atoms with Crippen LogP contribution in [0, 0.1) is 0 Å². The van der Waals surface area contributed by atoms with E-state index in [4.69, 9.17) is 8.83 Å². The number of furan rings is 1. The summed E-state index contributed by atoms with van der Waals surface area (Å²) in [4.78, 5) is 4.21. The smallest absolute Gasteiger partial charge is 0.312 e. The lowest BCUT2D eigenvalue weighted by atomic mass is 10.0. The molecule has 6 nitrogen and oxygen atoms in total. The van der Waals surface area contributed by atoms with Gasteiger partial charge in [-0.1, -0.05) is 18.2 Å². The number of fused-ring (bicyclic) bond motifs is 1. The summed E-state index contributed by atoms with van der Waals surface area (Å²) in [6.07, 6.45) is 5.12. The molecule has 0 amide bonds. The van der Waals surface area contributed by atoms with Crippen molar-refractivity contribution in [3.8, 4) is 17.6 Å². The summed E-state index contributed by atoms with van der Waals surface area (Å²) in [5.41, 5.74) is 2.64. The number of aromatic nitrogens is 1. The van der Waals surface area contributed by atoms with Crippen LogP contribution in [-0.4, -0.2) is 22.8 Å². The second-order valence-corrected chi connectivity index (χ2v) is 5.29. The first kappa shape index (κ1) is 13.6. The number of anilines is 1. The van der Waals surface area contributed by atoms with E-state index in [1.807, 2.05) is 23.2 Å².